The summed E-state index contributed by atoms with van der Waals surface area (Å²) in [5, 5.41) is 0. The van der Waals surface area contributed by atoms with Crippen molar-refractivity contribution in [2.45, 2.75) is 37.7 Å². The zero-order valence-electron chi connectivity index (χ0n) is 9.32. The Morgan fingerprint density at radius 1 is 1.25 bits per heavy atom. The summed E-state index contributed by atoms with van der Waals surface area (Å²) in [5.74, 6) is 1.49. The number of pyridine rings is 1. The molecular weight excluding hydrogens is 202 g/mol. The third kappa shape index (κ3) is 2.19. The van der Waals surface area contributed by atoms with Gasteiger partial charge >= 0.3 is 0 Å². The van der Waals surface area contributed by atoms with Crippen LogP contribution in [0.15, 0.2) is 12.3 Å². The van der Waals surface area contributed by atoms with Gasteiger partial charge in [-0.2, -0.15) is 0 Å². The number of hydrogen-bond acceptors (Lipinski definition) is 3. The second-order valence-electron chi connectivity index (χ2n) is 4.53. The van der Waals surface area contributed by atoms with Crippen LogP contribution in [0.1, 0.15) is 37.2 Å². The maximum absolute atomic E-state index is 5.98. The first-order valence-corrected chi connectivity index (χ1v) is 6.04. The smallest absolute Gasteiger partial charge is 0.217 e. The highest BCUT2D eigenvalue weighted by molar-refractivity contribution is 5.32. The summed E-state index contributed by atoms with van der Waals surface area (Å²) in [7, 11) is 0. The normalized spacial score (nSPS) is 22.0. The largest absolute Gasteiger partial charge is 0.474 e. The number of rotatable bonds is 3. The Bertz CT molecular complexity index is 357. The van der Waals surface area contributed by atoms with Gasteiger partial charge in [0.2, 0.25) is 5.88 Å². The molecule has 0 atom stereocenters. The van der Waals surface area contributed by atoms with Gasteiger partial charge in [-0.15, -0.1) is 0 Å². The Hall–Kier alpha value is -1.09. The lowest BCUT2D eigenvalue weighted by Gasteiger charge is -2.23. The molecule has 1 radical (unpaired) electrons. The van der Waals surface area contributed by atoms with Crippen molar-refractivity contribution in [2.24, 2.45) is 0 Å². The van der Waals surface area contributed by atoms with E-state index in [0.29, 0.717) is 5.92 Å². The molecule has 1 aromatic heterocycles. The summed E-state index contributed by atoms with van der Waals surface area (Å²) in [6.07, 6.45) is 6.46. The average Bonchev–Trinajstić information content (AvgIpc) is 3.15. The van der Waals surface area contributed by atoms with Crippen molar-refractivity contribution in [3.8, 4) is 5.88 Å². The molecule has 1 aliphatic heterocycles. The van der Waals surface area contributed by atoms with E-state index in [1.165, 1.54) is 18.4 Å². The van der Waals surface area contributed by atoms with Crippen molar-refractivity contribution in [2.75, 3.05) is 13.2 Å². The van der Waals surface area contributed by atoms with Gasteiger partial charge in [0.15, 0.2) is 0 Å². The minimum Gasteiger partial charge on any atom is -0.474 e. The van der Waals surface area contributed by atoms with Crippen LogP contribution in [0.4, 0.5) is 0 Å². The first kappa shape index (κ1) is 10.1. The molecule has 3 rings (SSSR count). The van der Waals surface area contributed by atoms with Crippen LogP contribution in [0.25, 0.3) is 0 Å². The van der Waals surface area contributed by atoms with E-state index in [1.807, 2.05) is 6.07 Å². The van der Waals surface area contributed by atoms with Crippen molar-refractivity contribution in [3.05, 3.63) is 23.9 Å². The standard InChI is InChI=1S/C13H16NO2/c1-2-12(10-3-4-10)13(14-7-1)16-11-5-8-15-9-6-11/h2,7,10-11H,3-6,8-9H2. The lowest BCUT2D eigenvalue weighted by Crippen LogP contribution is -2.26. The average molecular weight is 218 g/mol. The highest BCUT2D eigenvalue weighted by atomic mass is 16.5. The van der Waals surface area contributed by atoms with Crippen LogP contribution < -0.4 is 4.74 Å². The molecule has 2 aliphatic rings. The molecule has 1 aromatic rings. The molecule has 1 saturated carbocycles. The number of hydrogen-bond donors (Lipinski definition) is 0. The van der Waals surface area contributed by atoms with Crippen molar-refractivity contribution < 1.29 is 9.47 Å². The molecular formula is C13H16NO2. The summed E-state index contributed by atoms with van der Waals surface area (Å²) < 4.78 is 11.3. The van der Waals surface area contributed by atoms with Crippen LogP contribution >= 0.6 is 0 Å². The van der Waals surface area contributed by atoms with E-state index in [2.05, 4.69) is 11.1 Å². The second kappa shape index (κ2) is 4.42. The SMILES string of the molecule is [c]1cnc(OC2CCOCC2)c(C2CC2)c1. The number of aromatic nitrogens is 1. The van der Waals surface area contributed by atoms with Crippen molar-refractivity contribution >= 4 is 0 Å². The van der Waals surface area contributed by atoms with E-state index in [1.54, 1.807) is 6.20 Å². The second-order valence-corrected chi connectivity index (χ2v) is 4.53. The highest BCUT2D eigenvalue weighted by Crippen LogP contribution is 2.43. The van der Waals surface area contributed by atoms with Gasteiger partial charge in [-0.3, -0.25) is 0 Å². The van der Waals surface area contributed by atoms with E-state index < -0.39 is 0 Å². The fourth-order valence-corrected chi connectivity index (χ4v) is 2.10. The van der Waals surface area contributed by atoms with Crippen molar-refractivity contribution in [1.82, 2.24) is 4.98 Å². The molecule has 16 heavy (non-hydrogen) atoms. The Labute approximate surface area is 95.8 Å². The van der Waals surface area contributed by atoms with Crippen LogP contribution in [0.5, 0.6) is 5.88 Å². The third-order valence-corrected chi connectivity index (χ3v) is 3.21. The van der Waals surface area contributed by atoms with Gasteiger partial charge in [0.05, 0.1) is 13.2 Å². The first-order chi connectivity index (χ1) is 7.93. The van der Waals surface area contributed by atoms with Gasteiger partial charge < -0.3 is 9.47 Å². The Balaban J connectivity index is 1.72. The van der Waals surface area contributed by atoms with Crippen LogP contribution in [0.3, 0.4) is 0 Å². The monoisotopic (exact) mass is 218 g/mol. The summed E-state index contributed by atoms with van der Waals surface area (Å²) in [6, 6.07) is 5.07. The third-order valence-electron chi connectivity index (χ3n) is 3.21. The molecule has 1 aliphatic carbocycles. The molecule has 3 heteroatoms. The summed E-state index contributed by atoms with van der Waals surface area (Å²) >= 11 is 0. The van der Waals surface area contributed by atoms with E-state index in [-0.39, 0.29) is 6.10 Å². The number of ether oxygens (including phenoxy) is 2. The topological polar surface area (TPSA) is 31.4 Å². The molecule has 0 unspecified atom stereocenters. The maximum atomic E-state index is 5.98. The molecule has 0 spiro atoms. The van der Waals surface area contributed by atoms with E-state index in [0.717, 1.165) is 31.9 Å². The van der Waals surface area contributed by atoms with Gasteiger partial charge in [-0.25, -0.2) is 4.98 Å². The molecule has 2 fully saturated rings. The predicted molar refractivity (Wildman–Crippen MR) is 59.5 cm³/mol. The molecule has 3 nitrogen and oxygen atoms in total. The van der Waals surface area contributed by atoms with Gasteiger partial charge in [0.1, 0.15) is 6.10 Å². The summed E-state index contributed by atoms with van der Waals surface area (Å²) in [6.45, 7) is 1.62. The Morgan fingerprint density at radius 2 is 2.06 bits per heavy atom. The Morgan fingerprint density at radius 3 is 2.81 bits per heavy atom. The van der Waals surface area contributed by atoms with Gasteiger partial charge in [-0.05, 0) is 24.8 Å². The molecule has 0 aromatic carbocycles. The quantitative estimate of drug-likeness (QED) is 0.780. The Kier molecular flexibility index (Phi) is 2.79. The summed E-state index contributed by atoms with van der Waals surface area (Å²) in [4.78, 5) is 4.32. The molecule has 2 heterocycles. The van der Waals surface area contributed by atoms with Crippen molar-refractivity contribution in [3.63, 3.8) is 0 Å². The molecule has 0 N–H and O–H groups in total. The van der Waals surface area contributed by atoms with Crippen LogP contribution in [-0.2, 0) is 4.74 Å². The van der Waals surface area contributed by atoms with E-state index in [9.17, 15) is 0 Å². The molecule has 1 saturated heterocycles. The number of nitrogens with zero attached hydrogens (tertiary/aromatic N) is 1. The molecule has 0 amide bonds. The fourth-order valence-electron chi connectivity index (χ4n) is 2.10. The first-order valence-electron chi connectivity index (χ1n) is 6.04. The predicted octanol–water partition coefficient (Wildman–Crippen LogP) is 2.32. The van der Waals surface area contributed by atoms with Crippen LogP contribution in [-0.4, -0.2) is 24.3 Å². The van der Waals surface area contributed by atoms with Gasteiger partial charge in [0, 0.05) is 30.7 Å². The van der Waals surface area contributed by atoms with Gasteiger partial charge in [-0.1, -0.05) is 0 Å². The fraction of sp³-hybridized carbons (Fsp3) is 0.615. The maximum Gasteiger partial charge on any atom is 0.217 e. The van der Waals surface area contributed by atoms with E-state index >= 15 is 0 Å². The lowest BCUT2D eigenvalue weighted by molar-refractivity contribution is 0.0233. The summed E-state index contributed by atoms with van der Waals surface area (Å²) in [5.41, 5.74) is 1.24. The minimum atomic E-state index is 0.279. The zero-order chi connectivity index (χ0) is 10.8. The van der Waals surface area contributed by atoms with E-state index in [4.69, 9.17) is 9.47 Å². The van der Waals surface area contributed by atoms with Crippen molar-refractivity contribution in [1.29, 1.82) is 0 Å². The minimum absolute atomic E-state index is 0.279. The van der Waals surface area contributed by atoms with Gasteiger partial charge in [0.25, 0.3) is 0 Å². The van der Waals surface area contributed by atoms with Crippen LogP contribution in [0, 0.1) is 6.07 Å². The highest BCUT2D eigenvalue weighted by Gasteiger charge is 2.28. The molecule has 85 valence electrons. The zero-order valence-corrected chi connectivity index (χ0v) is 9.32. The molecule has 0 bridgehead atoms. The van der Waals surface area contributed by atoms with Crippen LogP contribution in [0.2, 0.25) is 0 Å². The lowest BCUT2D eigenvalue weighted by atomic mass is 10.1.